The van der Waals surface area contributed by atoms with E-state index in [0.29, 0.717) is 25.5 Å². The Bertz CT molecular complexity index is 263. The van der Waals surface area contributed by atoms with Gasteiger partial charge < -0.3 is 15.4 Å². The fraction of sp³-hybridized carbons (Fsp3) is 0.846. The van der Waals surface area contributed by atoms with Gasteiger partial charge in [-0.3, -0.25) is 9.59 Å². The molecular weight excluding hydrogens is 232 g/mol. The molecule has 1 heterocycles. The number of amides is 1. The molecule has 0 aromatic carbocycles. The Balaban J connectivity index is 2.01. The SMILES string of the molecule is CCOC(=O)CCNC(=O)CCC1CCNCC1. The van der Waals surface area contributed by atoms with Gasteiger partial charge >= 0.3 is 5.97 Å². The maximum Gasteiger partial charge on any atom is 0.307 e. The summed E-state index contributed by atoms with van der Waals surface area (Å²) in [6.07, 6.45) is 4.10. The second-order valence-corrected chi connectivity index (χ2v) is 4.64. The Morgan fingerprint density at radius 2 is 2.00 bits per heavy atom. The minimum atomic E-state index is -0.254. The summed E-state index contributed by atoms with van der Waals surface area (Å²) < 4.78 is 4.78. The van der Waals surface area contributed by atoms with Crippen LogP contribution in [0.15, 0.2) is 0 Å². The van der Waals surface area contributed by atoms with Gasteiger partial charge in [-0.05, 0) is 45.2 Å². The van der Waals surface area contributed by atoms with Gasteiger partial charge in [0, 0.05) is 13.0 Å². The molecule has 18 heavy (non-hydrogen) atoms. The summed E-state index contributed by atoms with van der Waals surface area (Å²) in [5.74, 6) is 0.455. The van der Waals surface area contributed by atoms with Gasteiger partial charge in [0.1, 0.15) is 0 Å². The molecule has 1 rings (SSSR count). The predicted octanol–water partition coefficient (Wildman–Crippen LogP) is 0.836. The first-order valence-electron chi connectivity index (χ1n) is 6.85. The van der Waals surface area contributed by atoms with Gasteiger partial charge in [0.25, 0.3) is 0 Å². The van der Waals surface area contributed by atoms with Crippen molar-refractivity contribution in [2.45, 2.75) is 39.0 Å². The predicted molar refractivity (Wildman–Crippen MR) is 69.1 cm³/mol. The van der Waals surface area contributed by atoms with Crippen molar-refractivity contribution in [3.63, 3.8) is 0 Å². The highest BCUT2D eigenvalue weighted by Gasteiger charge is 2.14. The van der Waals surface area contributed by atoms with Crippen LogP contribution in [-0.4, -0.2) is 38.1 Å². The van der Waals surface area contributed by atoms with Gasteiger partial charge in [0.2, 0.25) is 5.91 Å². The van der Waals surface area contributed by atoms with Crippen molar-refractivity contribution >= 4 is 11.9 Å². The van der Waals surface area contributed by atoms with Crippen LogP contribution in [0, 0.1) is 5.92 Å². The second kappa shape index (κ2) is 8.91. The van der Waals surface area contributed by atoms with Crippen molar-refractivity contribution in [2.75, 3.05) is 26.2 Å². The first-order valence-corrected chi connectivity index (χ1v) is 6.85. The fourth-order valence-corrected chi connectivity index (χ4v) is 2.13. The van der Waals surface area contributed by atoms with Crippen LogP contribution in [0.4, 0.5) is 0 Å². The number of piperidine rings is 1. The Kier molecular flexibility index (Phi) is 7.41. The third-order valence-electron chi connectivity index (χ3n) is 3.19. The normalized spacial score (nSPS) is 16.3. The molecule has 5 nitrogen and oxygen atoms in total. The van der Waals surface area contributed by atoms with Crippen LogP contribution >= 0.6 is 0 Å². The molecule has 0 aromatic rings. The average molecular weight is 256 g/mol. The van der Waals surface area contributed by atoms with Gasteiger partial charge in [-0.2, -0.15) is 0 Å². The highest BCUT2D eigenvalue weighted by atomic mass is 16.5. The van der Waals surface area contributed by atoms with E-state index >= 15 is 0 Å². The quantitative estimate of drug-likeness (QED) is 0.662. The molecule has 1 aliphatic heterocycles. The lowest BCUT2D eigenvalue weighted by Crippen LogP contribution is -2.30. The summed E-state index contributed by atoms with van der Waals surface area (Å²) in [6.45, 7) is 4.67. The molecule has 0 spiro atoms. The van der Waals surface area contributed by atoms with Crippen LogP contribution in [0.5, 0.6) is 0 Å². The highest BCUT2D eigenvalue weighted by Crippen LogP contribution is 2.17. The number of carbonyl (C=O) groups excluding carboxylic acids is 2. The number of rotatable bonds is 7. The molecule has 0 aliphatic carbocycles. The molecule has 1 fully saturated rings. The maximum atomic E-state index is 11.5. The van der Waals surface area contributed by atoms with Crippen LogP contribution in [-0.2, 0) is 14.3 Å². The van der Waals surface area contributed by atoms with Crippen molar-refractivity contribution in [1.82, 2.24) is 10.6 Å². The van der Waals surface area contributed by atoms with E-state index in [1.165, 1.54) is 0 Å². The van der Waals surface area contributed by atoms with E-state index in [1.807, 2.05) is 0 Å². The molecule has 2 N–H and O–H groups in total. The van der Waals surface area contributed by atoms with E-state index in [-0.39, 0.29) is 18.3 Å². The first kappa shape index (κ1) is 15.0. The fourth-order valence-electron chi connectivity index (χ4n) is 2.13. The summed E-state index contributed by atoms with van der Waals surface area (Å²) >= 11 is 0. The summed E-state index contributed by atoms with van der Waals surface area (Å²) in [5, 5.41) is 6.07. The molecule has 0 aromatic heterocycles. The molecular formula is C13H24N2O3. The largest absolute Gasteiger partial charge is 0.466 e. The standard InChI is InChI=1S/C13H24N2O3/c1-2-18-13(17)7-10-15-12(16)4-3-11-5-8-14-9-6-11/h11,14H,2-10H2,1H3,(H,15,16). The molecule has 1 saturated heterocycles. The monoisotopic (exact) mass is 256 g/mol. The summed E-state index contributed by atoms with van der Waals surface area (Å²) in [5.41, 5.74) is 0. The van der Waals surface area contributed by atoms with Crippen molar-refractivity contribution < 1.29 is 14.3 Å². The molecule has 0 atom stereocenters. The van der Waals surface area contributed by atoms with Crippen molar-refractivity contribution in [3.8, 4) is 0 Å². The molecule has 0 bridgehead atoms. The zero-order valence-electron chi connectivity index (χ0n) is 11.2. The molecule has 1 amide bonds. The van der Waals surface area contributed by atoms with Crippen LogP contribution in [0.2, 0.25) is 0 Å². The van der Waals surface area contributed by atoms with Gasteiger partial charge in [-0.1, -0.05) is 0 Å². The molecule has 104 valence electrons. The zero-order valence-corrected chi connectivity index (χ0v) is 11.2. The van der Waals surface area contributed by atoms with Crippen molar-refractivity contribution in [2.24, 2.45) is 5.92 Å². The molecule has 0 unspecified atom stereocenters. The molecule has 5 heteroatoms. The minimum absolute atomic E-state index is 0.0397. The highest BCUT2D eigenvalue weighted by molar-refractivity contribution is 5.77. The van der Waals surface area contributed by atoms with Crippen molar-refractivity contribution in [1.29, 1.82) is 0 Å². The topological polar surface area (TPSA) is 67.4 Å². The van der Waals surface area contributed by atoms with Crippen molar-refractivity contribution in [3.05, 3.63) is 0 Å². The number of carbonyl (C=O) groups is 2. The minimum Gasteiger partial charge on any atom is -0.466 e. The zero-order chi connectivity index (χ0) is 13.2. The molecule has 0 saturated carbocycles. The Labute approximate surface area is 109 Å². The average Bonchev–Trinajstić information content (AvgIpc) is 2.38. The smallest absolute Gasteiger partial charge is 0.307 e. The van der Waals surface area contributed by atoms with Gasteiger partial charge in [0.05, 0.1) is 13.0 Å². The Morgan fingerprint density at radius 3 is 2.67 bits per heavy atom. The van der Waals surface area contributed by atoms with E-state index in [0.717, 1.165) is 32.4 Å². The summed E-state index contributed by atoms with van der Waals surface area (Å²) in [7, 11) is 0. The van der Waals surface area contributed by atoms with Crippen LogP contribution in [0.1, 0.15) is 39.0 Å². The van der Waals surface area contributed by atoms with Crippen LogP contribution in [0.3, 0.4) is 0 Å². The van der Waals surface area contributed by atoms with E-state index in [9.17, 15) is 9.59 Å². The first-order chi connectivity index (χ1) is 8.72. The second-order valence-electron chi connectivity index (χ2n) is 4.64. The van der Waals surface area contributed by atoms with Gasteiger partial charge in [0.15, 0.2) is 0 Å². The third-order valence-corrected chi connectivity index (χ3v) is 3.19. The van der Waals surface area contributed by atoms with E-state index < -0.39 is 0 Å². The Morgan fingerprint density at radius 1 is 1.28 bits per heavy atom. The number of nitrogens with one attached hydrogen (secondary N) is 2. The lowest BCUT2D eigenvalue weighted by Gasteiger charge is -2.22. The van der Waals surface area contributed by atoms with E-state index in [1.54, 1.807) is 6.92 Å². The summed E-state index contributed by atoms with van der Waals surface area (Å²) in [6, 6.07) is 0. The third kappa shape index (κ3) is 6.59. The van der Waals surface area contributed by atoms with E-state index in [2.05, 4.69) is 10.6 Å². The number of esters is 1. The van der Waals surface area contributed by atoms with Gasteiger partial charge in [-0.15, -0.1) is 0 Å². The van der Waals surface area contributed by atoms with E-state index in [4.69, 9.17) is 4.74 Å². The lowest BCUT2D eigenvalue weighted by atomic mass is 9.93. The lowest BCUT2D eigenvalue weighted by molar-refractivity contribution is -0.143. The maximum absolute atomic E-state index is 11.5. The van der Waals surface area contributed by atoms with Crippen LogP contribution in [0.25, 0.3) is 0 Å². The number of hydrogen-bond acceptors (Lipinski definition) is 4. The van der Waals surface area contributed by atoms with Crippen LogP contribution < -0.4 is 10.6 Å². The summed E-state index contributed by atoms with van der Waals surface area (Å²) in [4.78, 5) is 22.6. The number of ether oxygens (including phenoxy) is 1. The Hall–Kier alpha value is -1.10. The number of hydrogen-bond donors (Lipinski definition) is 2. The molecule has 0 radical (unpaired) electrons. The van der Waals surface area contributed by atoms with Gasteiger partial charge in [-0.25, -0.2) is 0 Å². The molecule has 1 aliphatic rings.